The summed E-state index contributed by atoms with van der Waals surface area (Å²) in [5.74, 6) is -2.47. The highest BCUT2D eigenvalue weighted by Gasteiger charge is 2.20. The van der Waals surface area contributed by atoms with Crippen LogP contribution in [0.4, 0.5) is 4.39 Å². The zero-order chi connectivity index (χ0) is 8.48. The zero-order valence-corrected chi connectivity index (χ0v) is 6.34. The van der Waals surface area contributed by atoms with Crippen LogP contribution >= 0.6 is 0 Å². The molecule has 0 saturated carbocycles. The van der Waals surface area contributed by atoms with Gasteiger partial charge in [0.05, 0.1) is 0 Å². The Labute approximate surface area is 65.5 Å². The number of aryl methyl sites for hydroxylation is 1. The molecule has 0 fully saturated rings. The van der Waals surface area contributed by atoms with Crippen molar-refractivity contribution in [2.45, 2.75) is 12.8 Å². The molecule has 0 aliphatic rings. The summed E-state index contributed by atoms with van der Waals surface area (Å²) >= 11 is 0. The first-order valence-corrected chi connectivity index (χ1v) is 3.34. The van der Waals surface area contributed by atoms with Crippen molar-refractivity contribution >= 4 is 0 Å². The highest BCUT2D eigenvalue weighted by atomic mass is 19.2. The molecule has 1 atom stereocenters. The molecule has 0 bridgehead atoms. The van der Waals surface area contributed by atoms with E-state index in [1.54, 1.807) is 12.1 Å². The maximum atomic E-state index is 12.7. The van der Waals surface area contributed by atoms with Gasteiger partial charge in [-0.2, -0.15) is 0 Å². The van der Waals surface area contributed by atoms with E-state index < -0.39 is 5.85 Å². The number of benzene rings is 1. The van der Waals surface area contributed by atoms with Gasteiger partial charge >= 0.3 is 0 Å². The quantitative estimate of drug-likeness (QED) is 0.653. The van der Waals surface area contributed by atoms with Gasteiger partial charge in [-0.15, -0.1) is 0 Å². The van der Waals surface area contributed by atoms with E-state index in [1.807, 2.05) is 13.0 Å². The molecule has 59 valence electrons. The smallest absolute Gasteiger partial charge is 0.233 e. The summed E-state index contributed by atoms with van der Waals surface area (Å²) in [5, 5.41) is 8.84. The molecular formula is C9H10FO. The predicted molar refractivity (Wildman–Crippen MR) is 41.5 cm³/mol. The summed E-state index contributed by atoms with van der Waals surface area (Å²) in [6, 6.07) is 6.57. The van der Waals surface area contributed by atoms with E-state index in [2.05, 4.69) is 6.92 Å². The lowest BCUT2D eigenvalue weighted by Gasteiger charge is -2.12. The van der Waals surface area contributed by atoms with Gasteiger partial charge in [-0.3, -0.25) is 0 Å². The second kappa shape index (κ2) is 2.62. The highest BCUT2D eigenvalue weighted by Crippen LogP contribution is 2.21. The standard InChI is InChI=1S/C9H10FO/c1-7-4-3-5-8(6-7)9(2,10)11/h3-6,11H,2H2,1H3. The zero-order valence-electron chi connectivity index (χ0n) is 6.34. The van der Waals surface area contributed by atoms with Crippen LogP contribution in [0.25, 0.3) is 0 Å². The fourth-order valence-corrected chi connectivity index (χ4v) is 0.883. The summed E-state index contributed by atoms with van der Waals surface area (Å²) in [6.07, 6.45) is 0. The summed E-state index contributed by atoms with van der Waals surface area (Å²) in [5.41, 5.74) is 1.10. The molecule has 1 unspecified atom stereocenters. The molecule has 0 saturated heterocycles. The van der Waals surface area contributed by atoms with Gasteiger partial charge in [0.1, 0.15) is 0 Å². The number of halogens is 1. The molecule has 1 radical (unpaired) electrons. The number of alkyl halides is 1. The second-order valence-electron chi connectivity index (χ2n) is 2.63. The van der Waals surface area contributed by atoms with Crippen molar-refractivity contribution in [1.82, 2.24) is 0 Å². The lowest BCUT2D eigenvalue weighted by molar-refractivity contribution is -0.0500. The van der Waals surface area contributed by atoms with Crippen LogP contribution in [-0.4, -0.2) is 5.11 Å². The number of hydrogen-bond acceptors (Lipinski definition) is 1. The molecule has 1 aromatic rings. The van der Waals surface area contributed by atoms with Gasteiger partial charge < -0.3 is 5.11 Å². The minimum Gasteiger partial charge on any atom is -0.358 e. The van der Waals surface area contributed by atoms with Gasteiger partial charge in [0, 0.05) is 12.5 Å². The van der Waals surface area contributed by atoms with Crippen LogP contribution in [0.2, 0.25) is 0 Å². The van der Waals surface area contributed by atoms with Crippen LogP contribution in [0.15, 0.2) is 24.3 Å². The lowest BCUT2D eigenvalue weighted by atomic mass is 10.1. The largest absolute Gasteiger partial charge is 0.358 e. The van der Waals surface area contributed by atoms with Crippen LogP contribution in [0, 0.1) is 13.8 Å². The minimum atomic E-state index is -2.47. The molecule has 0 heterocycles. The molecule has 0 aliphatic heterocycles. The SMILES string of the molecule is [CH2]C(O)(F)c1cccc(C)c1. The van der Waals surface area contributed by atoms with Crippen molar-refractivity contribution in [3.63, 3.8) is 0 Å². The molecular weight excluding hydrogens is 143 g/mol. The van der Waals surface area contributed by atoms with Gasteiger partial charge in [-0.1, -0.05) is 29.8 Å². The third-order valence-corrected chi connectivity index (χ3v) is 1.46. The molecule has 0 aromatic heterocycles. The predicted octanol–water partition coefficient (Wildman–Crippen LogP) is 1.94. The van der Waals surface area contributed by atoms with Crippen molar-refractivity contribution in [1.29, 1.82) is 0 Å². The van der Waals surface area contributed by atoms with Crippen LogP contribution in [0.5, 0.6) is 0 Å². The Morgan fingerprint density at radius 3 is 2.55 bits per heavy atom. The Bertz CT molecular complexity index is 250. The molecule has 0 aliphatic carbocycles. The topological polar surface area (TPSA) is 20.2 Å². The Morgan fingerprint density at radius 2 is 2.18 bits per heavy atom. The Kier molecular flexibility index (Phi) is 1.96. The van der Waals surface area contributed by atoms with E-state index >= 15 is 0 Å². The summed E-state index contributed by atoms with van der Waals surface area (Å²) in [4.78, 5) is 0. The van der Waals surface area contributed by atoms with Gasteiger partial charge in [0.15, 0.2) is 0 Å². The van der Waals surface area contributed by atoms with Gasteiger partial charge in [0.25, 0.3) is 0 Å². The molecule has 1 nitrogen and oxygen atoms in total. The van der Waals surface area contributed by atoms with E-state index in [-0.39, 0.29) is 5.56 Å². The van der Waals surface area contributed by atoms with E-state index in [4.69, 9.17) is 5.11 Å². The third kappa shape index (κ3) is 2.02. The third-order valence-electron chi connectivity index (χ3n) is 1.46. The summed E-state index contributed by atoms with van der Waals surface area (Å²) in [7, 11) is 0. The van der Waals surface area contributed by atoms with Crippen molar-refractivity contribution in [2.75, 3.05) is 0 Å². The fourth-order valence-electron chi connectivity index (χ4n) is 0.883. The molecule has 11 heavy (non-hydrogen) atoms. The number of aliphatic hydroxyl groups is 1. The Balaban J connectivity index is 3.06. The maximum absolute atomic E-state index is 12.7. The van der Waals surface area contributed by atoms with Gasteiger partial charge in [0.2, 0.25) is 5.85 Å². The fraction of sp³-hybridized carbons (Fsp3) is 0.222. The molecule has 0 spiro atoms. The van der Waals surface area contributed by atoms with E-state index in [1.165, 1.54) is 6.07 Å². The lowest BCUT2D eigenvalue weighted by Crippen LogP contribution is -2.13. The van der Waals surface area contributed by atoms with Crippen molar-refractivity contribution in [3.8, 4) is 0 Å². The van der Waals surface area contributed by atoms with Crippen LogP contribution < -0.4 is 0 Å². The monoisotopic (exact) mass is 153 g/mol. The highest BCUT2D eigenvalue weighted by molar-refractivity contribution is 5.26. The normalized spacial score (nSPS) is 16.0. The molecule has 1 rings (SSSR count). The van der Waals surface area contributed by atoms with E-state index in [0.29, 0.717) is 0 Å². The summed E-state index contributed by atoms with van der Waals surface area (Å²) in [6.45, 7) is 4.80. The van der Waals surface area contributed by atoms with Crippen molar-refractivity contribution in [2.24, 2.45) is 0 Å². The average molecular weight is 153 g/mol. The Morgan fingerprint density at radius 1 is 1.55 bits per heavy atom. The van der Waals surface area contributed by atoms with Crippen molar-refractivity contribution < 1.29 is 9.50 Å². The number of rotatable bonds is 1. The second-order valence-corrected chi connectivity index (χ2v) is 2.63. The average Bonchev–Trinajstić information content (AvgIpc) is 1.86. The molecule has 1 N–H and O–H groups in total. The van der Waals surface area contributed by atoms with E-state index in [0.717, 1.165) is 5.56 Å². The molecule has 0 amide bonds. The summed E-state index contributed by atoms with van der Waals surface area (Å²) < 4.78 is 12.7. The van der Waals surface area contributed by atoms with E-state index in [9.17, 15) is 4.39 Å². The Hall–Kier alpha value is -0.890. The van der Waals surface area contributed by atoms with Crippen LogP contribution in [-0.2, 0) is 5.85 Å². The molecule has 2 heteroatoms. The van der Waals surface area contributed by atoms with Crippen LogP contribution in [0.3, 0.4) is 0 Å². The first kappa shape index (κ1) is 8.21. The van der Waals surface area contributed by atoms with Crippen LogP contribution in [0.1, 0.15) is 11.1 Å². The van der Waals surface area contributed by atoms with Gasteiger partial charge in [-0.25, -0.2) is 4.39 Å². The first-order valence-electron chi connectivity index (χ1n) is 3.34. The maximum Gasteiger partial charge on any atom is 0.233 e. The van der Waals surface area contributed by atoms with Gasteiger partial charge in [-0.05, 0) is 6.92 Å². The minimum absolute atomic E-state index is 0.192. The molecule has 1 aromatic carbocycles. The first-order chi connectivity index (χ1) is 5.00. The number of hydrogen-bond donors (Lipinski definition) is 1. The van der Waals surface area contributed by atoms with Crippen molar-refractivity contribution in [3.05, 3.63) is 42.3 Å².